The lowest BCUT2D eigenvalue weighted by atomic mass is 10.2. The van der Waals surface area contributed by atoms with Crippen LogP contribution in [-0.4, -0.2) is 14.5 Å². The van der Waals surface area contributed by atoms with Gasteiger partial charge in [0.25, 0.3) is 11.2 Å². The summed E-state index contributed by atoms with van der Waals surface area (Å²) in [6, 6.07) is 10.3. The SMILES string of the molecule is O=c1[nH]c2ccccc2c(=O)n1-c1ccc(Cl)c([N+](=O)[O-])c1. The molecule has 1 N–H and O–H groups in total. The Morgan fingerprint density at radius 3 is 2.59 bits per heavy atom. The average Bonchev–Trinajstić information content (AvgIpc) is 2.48. The minimum absolute atomic E-state index is 0.0704. The Kier molecular flexibility index (Phi) is 3.26. The number of para-hydroxylation sites is 1. The molecule has 22 heavy (non-hydrogen) atoms. The van der Waals surface area contributed by atoms with Crippen LogP contribution in [0.25, 0.3) is 16.6 Å². The van der Waals surface area contributed by atoms with Gasteiger partial charge in [-0.2, -0.15) is 0 Å². The highest BCUT2D eigenvalue weighted by atomic mass is 35.5. The number of halogens is 1. The highest BCUT2D eigenvalue weighted by Crippen LogP contribution is 2.25. The van der Waals surface area contributed by atoms with Crippen molar-refractivity contribution >= 4 is 28.2 Å². The maximum absolute atomic E-state index is 12.5. The van der Waals surface area contributed by atoms with Gasteiger partial charge < -0.3 is 4.98 Å². The van der Waals surface area contributed by atoms with Gasteiger partial charge in [0.1, 0.15) is 5.02 Å². The number of rotatable bonds is 2. The van der Waals surface area contributed by atoms with E-state index in [1.807, 2.05) is 0 Å². The smallest absolute Gasteiger partial charge is 0.306 e. The normalized spacial score (nSPS) is 10.8. The molecule has 1 aromatic heterocycles. The molecule has 0 amide bonds. The Morgan fingerprint density at radius 1 is 1.14 bits per heavy atom. The van der Waals surface area contributed by atoms with Crippen LogP contribution in [0.1, 0.15) is 0 Å². The van der Waals surface area contributed by atoms with Gasteiger partial charge in [-0.1, -0.05) is 23.7 Å². The van der Waals surface area contributed by atoms with Gasteiger partial charge in [0, 0.05) is 6.07 Å². The third kappa shape index (κ3) is 2.17. The minimum atomic E-state index is -0.680. The van der Waals surface area contributed by atoms with Crippen molar-refractivity contribution in [3.63, 3.8) is 0 Å². The van der Waals surface area contributed by atoms with Crippen molar-refractivity contribution in [1.82, 2.24) is 9.55 Å². The molecular formula is C14H8ClN3O4. The summed E-state index contributed by atoms with van der Waals surface area (Å²) in [5, 5.41) is 11.2. The summed E-state index contributed by atoms with van der Waals surface area (Å²) in [6.07, 6.45) is 0. The molecule has 0 unspecified atom stereocenters. The maximum Gasteiger partial charge on any atom is 0.333 e. The quantitative estimate of drug-likeness (QED) is 0.579. The van der Waals surface area contributed by atoms with Gasteiger partial charge in [0.2, 0.25) is 0 Å². The highest BCUT2D eigenvalue weighted by Gasteiger charge is 2.16. The van der Waals surface area contributed by atoms with Crippen LogP contribution in [0.15, 0.2) is 52.1 Å². The fraction of sp³-hybridized carbons (Fsp3) is 0. The van der Waals surface area contributed by atoms with Crippen molar-refractivity contribution in [3.8, 4) is 5.69 Å². The van der Waals surface area contributed by atoms with Crippen LogP contribution in [0, 0.1) is 10.1 Å². The van der Waals surface area contributed by atoms with Gasteiger partial charge in [-0.25, -0.2) is 9.36 Å². The number of hydrogen-bond acceptors (Lipinski definition) is 4. The van der Waals surface area contributed by atoms with Gasteiger partial charge in [-0.05, 0) is 24.3 Å². The van der Waals surface area contributed by atoms with E-state index < -0.39 is 16.2 Å². The Labute approximate surface area is 127 Å². The predicted molar refractivity (Wildman–Crippen MR) is 81.8 cm³/mol. The molecule has 3 rings (SSSR count). The molecule has 0 saturated carbocycles. The summed E-state index contributed by atoms with van der Waals surface area (Å²) in [5.41, 5.74) is -1.14. The number of nitrogens with zero attached hydrogens (tertiary/aromatic N) is 2. The number of H-pyrrole nitrogens is 1. The Bertz CT molecular complexity index is 1020. The molecule has 1 heterocycles. The lowest BCUT2D eigenvalue weighted by Gasteiger charge is -2.06. The van der Waals surface area contributed by atoms with Crippen molar-refractivity contribution in [1.29, 1.82) is 0 Å². The number of nitrogens with one attached hydrogen (secondary N) is 1. The molecule has 110 valence electrons. The van der Waals surface area contributed by atoms with Crippen molar-refractivity contribution < 1.29 is 4.92 Å². The van der Waals surface area contributed by atoms with Gasteiger partial charge >= 0.3 is 5.69 Å². The molecule has 0 bridgehead atoms. The zero-order valence-corrected chi connectivity index (χ0v) is 11.7. The Balaban J connectivity index is 2.36. The molecular weight excluding hydrogens is 310 g/mol. The van der Waals surface area contributed by atoms with E-state index in [0.29, 0.717) is 10.9 Å². The van der Waals surface area contributed by atoms with E-state index in [2.05, 4.69) is 4.98 Å². The summed E-state index contributed by atoms with van der Waals surface area (Å²) in [4.78, 5) is 37.4. The molecule has 0 saturated heterocycles. The van der Waals surface area contributed by atoms with Crippen molar-refractivity contribution in [2.45, 2.75) is 0 Å². The number of fused-ring (bicyclic) bond motifs is 1. The monoisotopic (exact) mass is 317 g/mol. The van der Waals surface area contributed by atoms with E-state index >= 15 is 0 Å². The van der Waals surface area contributed by atoms with E-state index in [4.69, 9.17) is 11.6 Å². The average molecular weight is 318 g/mol. The van der Waals surface area contributed by atoms with E-state index in [-0.39, 0.29) is 16.4 Å². The van der Waals surface area contributed by atoms with Crippen LogP contribution in [0.4, 0.5) is 5.69 Å². The van der Waals surface area contributed by atoms with Crippen molar-refractivity contribution in [3.05, 3.63) is 78.4 Å². The lowest BCUT2D eigenvalue weighted by Crippen LogP contribution is -2.33. The fourth-order valence-corrected chi connectivity index (χ4v) is 2.36. The van der Waals surface area contributed by atoms with Crippen molar-refractivity contribution in [2.75, 3.05) is 0 Å². The third-order valence-electron chi connectivity index (χ3n) is 3.19. The summed E-state index contributed by atoms with van der Waals surface area (Å²) in [7, 11) is 0. The Morgan fingerprint density at radius 2 is 1.86 bits per heavy atom. The Hall–Kier alpha value is -2.93. The van der Waals surface area contributed by atoms with E-state index in [1.165, 1.54) is 12.1 Å². The highest BCUT2D eigenvalue weighted by molar-refractivity contribution is 6.32. The first-order valence-corrected chi connectivity index (χ1v) is 6.55. The zero-order valence-electron chi connectivity index (χ0n) is 10.9. The largest absolute Gasteiger partial charge is 0.333 e. The van der Waals surface area contributed by atoms with Crippen LogP contribution < -0.4 is 11.2 Å². The second-order valence-corrected chi connectivity index (χ2v) is 4.92. The topological polar surface area (TPSA) is 98.0 Å². The molecule has 0 aliphatic heterocycles. The van der Waals surface area contributed by atoms with Crippen LogP contribution in [0.5, 0.6) is 0 Å². The van der Waals surface area contributed by atoms with Crippen LogP contribution in [0.2, 0.25) is 5.02 Å². The molecule has 0 atom stereocenters. The van der Waals surface area contributed by atoms with E-state index in [1.54, 1.807) is 24.3 Å². The first-order valence-electron chi connectivity index (χ1n) is 6.17. The molecule has 0 aliphatic carbocycles. The van der Waals surface area contributed by atoms with Crippen molar-refractivity contribution in [2.24, 2.45) is 0 Å². The van der Waals surface area contributed by atoms with E-state index in [0.717, 1.165) is 10.6 Å². The molecule has 7 nitrogen and oxygen atoms in total. The molecule has 0 aliphatic rings. The van der Waals surface area contributed by atoms with Crippen LogP contribution in [-0.2, 0) is 0 Å². The maximum atomic E-state index is 12.5. The molecule has 3 aromatic rings. The number of nitro benzene ring substituents is 1. The first kappa shape index (κ1) is 14.0. The summed E-state index contributed by atoms with van der Waals surface area (Å²) in [6.45, 7) is 0. The molecule has 0 fully saturated rings. The van der Waals surface area contributed by atoms with Gasteiger partial charge in [0.15, 0.2) is 0 Å². The summed E-state index contributed by atoms with van der Waals surface area (Å²) in [5.74, 6) is 0. The standard InChI is InChI=1S/C14H8ClN3O4/c15-10-6-5-8(7-12(10)18(21)22)17-13(19)9-3-1-2-4-11(9)16-14(17)20/h1-7H,(H,16,20). The van der Waals surface area contributed by atoms with Crippen LogP contribution >= 0.6 is 11.6 Å². The van der Waals surface area contributed by atoms with Gasteiger partial charge in [-0.3, -0.25) is 14.9 Å². The summed E-state index contributed by atoms with van der Waals surface area (Å²) < 4.78 is 0.839. The summed E-state index contributed by atoms with van der Waals surface area (Å²) >= 11 is 5.74. The number of aromatic nitrogens is 2. The second-order valence-electron chi connectivity index (χ2n) is 4.51. The third-order valence-corrected chi connectivity index (χ3v) is 3.51. The van der Waals surface area contributed by atoms with Gasteiger partial charge in [-0.15, -0.1) is 0 Å². The zero-order chi connectivity index (χ0) is 15.9. The number of benzene rings is 2. The number of hydrogen-bond donors (Lipinski definition) is 1. The minimum Gasteiger partial charge on any atom is -0.306 e. The number of aromatic amines is 1. The molecule has 2 aromatic carbocycles. The van der Waals surface area contributed by atoms with Crippen LogP contribution in [0.3, 0.4) is 0 Å². The molecule has 0 radical (unpaired) electrons. The molecule has 0 spiro atoms. The number of nitro groups is 1. The second kappa shape index (κ2) is 5.12. The first-order chi connectivity index (χ1) is 10.5. The fourth-order valence-electron chi connectivity index (χ4n) is 2.18. The molecule has 8 heteroatoms. The lowest BCUT2D eigenvalue weighted by molar-refractivity contribution is -0.384. The van der Waals surface area contributed by atoms with E-state index in [9.17, 15) is 19.7 Å². The predicted octanol–water partition coefficient (Wildman–Crippen LogP) is 2.24. The van der Waals surface area contributed by atoms with Gasteiger partial charge in [0.05, 0.1) is 21.5 Å².